The highest BCUT2D eigenvalue weighted by Crippen LogP contribution is 2.34. The summed E-state index contributed by atoms with van der Waals surface area (Å²) in [6, 6.07) is 17.2. The van der Waals surface area contributed by atoms with Gasteiger partial charge in [0.1, 0.15) is 0 Å². The molecule has 2 aliphatic rings. The van der Waals surface area contributed by atoms with Crippen LogP contribution < -0.4 is 15.5 Å². The van der Waals surface area contributed by atoms with Crippen LogP contribution in [0.1, 0.15) is 24.0 Å². The van der Waals surface area contributed by atoms with Crippen LogP contribution >= 0.6 is 0 Å². The van der Waals surface area contributed by atoms with E-state index in [1.807, 2.05) is 35.2 Å². The molecular formula is C26H27N5O4S. The van der Waals surface area contributed by atoms with Gasteiger partial charge < -0.3 is 15.5 Å². The van der Waals surface area contributed by atoms with Crippen molar-refractivity contribution in [3.05, 3.63) is 84.2 Å². The zero-order valence-corrected chi connectivity index (χ0v) is 20.4. The topological polar surface area (TPSA) is 112 Å². The maximum atomic E-state index is 13.2. The number of hydrogen-bond donors (Lipinski definition) is 2. The third kappa shape index (κ3) is 4.95. The monoisotopic (exact) mass is 505 g/mol. The van der Waals surface area contributed by atoms with Crippen molar-refractivity contribution in [3.8, 4) is 0 Å². The van der Waals surface area contributed by atoms with Gasteiger partial charge in [-0.1, -0.05) is 24.3 Å². The molecule has 0 spiro atoms. The number of carbonyl (C=O) groups excluding carboxylic acids is 2. The van der Waals surface area contributed by atoms with E-state index in [1.54, 1.807) is 30.6 Å². The summed E-state index contributed by atoms with van der Waals surface area (Å²) in [5, 5.41) is 5.44. The first-order chi connectivity index (χ1) is 17.4. The predicted molar refractivity (Wildman–Crippen MR) is 136 cm³/mol. The number of fused-ring (bicyclic) bond motifs is 1. The molecule has 1 saturated heterocycles. The molecule has 1 fully saturated rings. The molecule has 10 heteroatoms. The van der Waals surface area contributed by atoms with Gasteiger partial charge in [0.15, 0.2) is 0 Å². The number of carbonyl (C=O) groups is 2. The standard InChI is InChI=1S/C26H27N5O4S/c32-25-16-20-5-1-2-6-24(20)31(25)22-11-14-30(15-12-22)36(34,35)23-9-7-21(8-10-23)29-26(33)28-18-19-4-3-13-27-17-19/h1-10,13,17,22H,11-12,14-16,18H2,(H2,28,29,33). The van der Waals surface area contributed by atoms with Crippen LogP contribution in [0, 0.1) is 0 Å². The minimum absolute atomic E-state index is 0.00986. The molecule has 0 unspecified atom stereocenters. The van der Waals surface area contributed by atoms with Crippen molar-refractivity contribution in [2.45, 2.75) is 36.7 Å². The Bertz CT molecular complexity index is 1350. The number of piperidine rings is 1. The van der Waals surface area contributed by atoms with Gasteiger partial charge in [-0.05, 0) is 60.4 Å². The number of rotatable bonds is 6. The van der Waals surface area contributed by atoms with Gasteiger partial charge in [0, 0.05) is 49.4 Å². The lowest BCUT2D eigenvalue weighted by Gasteiger charge is -2.36. The molecule has 0 atom stereocenters. The van der Waals surface area contributed by atoms with Crippen molar-refractivity contribution in [2.24, 2.45) is 0 Å². The molecule has 3 amide bonds. The van der Waals surface area contributed by atoms with Crippen molar-refractivity contribution in [3.63, 3.8) is 0 Å². The molecule has 1 aromatic heterocycles. The van der Waals surface area contributed by atoms with Crippen molar-refractivity contribution in [2.75, 3.05) is 23.3 Å². The summed E-state index contributed by atoms with van der Waals surface area (Å²) in [5.41, 5.74) is 3.33. The van der Waals surface area contributed by atoms with E-state index in [0.29, 0.717) is 44.6 Å². The molecule has 3 aromatic rings. The average molecular weight is 506 g/mol. The predicted octanol–water partition coefficient (Wildman–Crippen LogP) is 3.15. The molecule has 2 N–H and O–H groups in total. The lowest BCUT2D eigenvalue weighted by Crippen LogP contribution is -2.47. The zero-order chi connectivity index (χ0) is 25.1. The molecule has 0 radical (unpaired) electrons. The summed E-state index contributed by atoms with van der Waals surface area (Å²) in [6.45, 7) is 1.02. The highest BCUT2D eigenvalue weighted by atomic mass is 32.2. The molecule has 0 aliphatic carbocycles. The zero-order valence-electron chi connectivity index (χ0n) is 19.6. The van der Waals surface area contributed by atoms with E-state index in [9.17, 15) is 18.0 Å². The summed E-state index contributed by atoms with van der Waals surface area (Å²) in [6.07, 6.45) is 4.89. The largest absolute Gasteiger partial charge is 0.334 e. The van der Waals surface area contributed by atoms with Gasteiger partial charge in [-0.2, -0.15) is 4.31 Å². The van der Waals surface area contributed by atoms with Crippen LogP contribution in [0.15, 0.2) is 78.0 Å². The molecule has 186 valence electrons. The number of hydrogen-bond acceptors (Lipinski definition) is 5. The molecule has 5 rings (SSSR count). The maximum absolute atomic E-state index is 13.2. The molecule has 2 aliphatic heterocycles. The maximum Gasteiger partial charge on any atom is 0.319 e. The minimum atomic E-state index is -3.68. The second-order valence-electron chi connectivity index (χ2n) is 8.90. The van der Waals surface area contributed by atoms with E-state index in [2.05, 4.69) is 15.6 Å². The normalized spacial score (nSPS) is 16.6. The number of pyridine rings is 1. The Morgan fingerprint density at radius 1 is 1.00 bits per heavy atom. The number of nitrogens with zero attached hydrogens (tertiary/aromatic N) is 3. The van der Waals surface area contributed by atoms with Crippen LogP contribution in [-0.2, 0) is 27.8 Å². The van der Waals surface area contributed by atoms with Crippen molar-refractivity contribution in [1.82, 2.24) is 14.6 Å². The number of amides is 3. The molecular weight excluding hydrogens is 478 g/mol. The van der Waals surface area contributed by atoms with E-state index < -0.39 is 16.1 Å². The fraction of sp³-hybridized carbons (Fsp3) is 0.269. The van der Waals surface area contributed by atoms with Crippen LogP contribution in [-0.4, -0.2) is 48.8 Å². The second kappa shape index (κ2) is 10.1. The molecule has 0 bridgehead atoms. The van der Waals surface area contributed by atoms with Crippen LogP contribution in [0.25, 0.3) is 0 Å². The average Bonchev–Trinajstić information content (AvgIpc) is 3.24. The van der Waals surface area contributed by atoms with Gasteiger partial charge in [0.2, 0.25) is 15.9 Å². The third-order valence-electron chi connectivity index (χ3n) is 6.58. The number of urea groups is 1. The Balaban J connectivity index is 1.17. The van der Waals surface area contributed by atoms with Gasteiger partial charge in [0.25, 0.3) is 0 Å². The summed E-state index contributed by atoms with van der Waals surface area (Å²) in [4.78, 5) is 30.8. The van der Waals surface area contributed by atoms with Crippen molar-refractivity contribution < 1.29 is 18.0 Å². The minimum Gasteiger partial charge on any atom is -0.334 e. The molecule has 36 heavy (non-hydrogen) atoms. The Labute approximate surface area is 210 Å². The number of benzene rings is 2. The molecule has 2 aromatic carbocycles. The van der Waals surface area contributed by atoms with E-state index >= 15 is 0 Å². The highest BCUT2D eigenvalue weighted by molar-refractivity contribution is 7.89. The number of aromatic nitrogens is 1. The first-order valence-electron chi connectivity index (χ1n) is 11.9. The van der Waals surface area contributed by atoms with E-state index in [0.717, 1.165) is 16.8 Å². The van der Waals surface area contributed by atoms with Gasteiger partial charge in [-0.3, -0.25) is 9.78 Å². The molecule has 3 heterocycles. The van der Waals surface area contributed by atoms with Crippen LogP contribution in [0.5, 0.6) is 0 Å². The fourth-order valence-electron chi connectivity index (χ4n) is 4.74. The highest BCUT2D eigenvalue weighted by Gasteiger charge is 2.37. The van der Waals surface area contributed by atoms with E-state index in [4.69, 9.17) is 0 Å². The Morgan fingerprint density at radius 3 is 2.47 bits per heavy atom. The number of para-hydroxylation sites is 1. The first-order valence-corrected chi connectivity index (χ1v) is 13.3. The number of sulfonamides is 1. The number of anilines is 2. The Hall–Kier alpha value is -3.76. The van der Waals surface area contributed by atoms with Gasteiger partial charge in [-0.15, -0.1) is 0 Å². The van der Waals surface area contributed by atoms with Crippen molar-refractivity contribution >= 4 is 33.3 Å². The van der Waals surface area contributed by atoms with Crippen LogP contribution in [0.4, 0.5) is 16.2 Å². The van der Waals surface area contributed by atoms with Crippen LogP contribution in [0.2, 0.25) is 0 Å². The SMILES string of the molecule is O=C(NCc1cccnc1)Nc1ccc(S(=O)(=O)N2CCC(N3C(=O)Cc4ccccc43)CC2)cc1. The number of nitrogens with one attached hydrogen (secondary N) is 2. The van der Waals surface area contributed by atoms with Crippen molar-refractivity contribution in [1.29, 1.82) is 0 Å². The molecule has 9 nitrogen and oxygen atoms in total. The smallest absolute Gasteiger partial charge is 0.319 e. The Morgan fingerprint density at radius 2 is 1.75 bits per heavy atom. The lowest BCUT2D eigenvalue weighted by molar-refractivity contribution is -0.118. The first kappa shape index (κ1) is 24.0. The van der Waals surface area contributed by atoms with Gasteiger partial charge in [-0.25, -0.2) is 13.2 Å². The van der Waals surface area contributed by atoms with Gasteiger partial charge >= 0.3 is 6.03 Å². The lowest BCUT2D eigenvalue weighted by atomic mass is 10.0. The summed E-state index contributed by atoms with van der Waals surface area (Å²) in [5.74, 6) is 0.0741. The summed E-state index contributed by atoms with van der Waals surface area (Å²) < 4.78 is 27.9. The summed E-state index contributed by atoms with van der Waals surface area (Å²) in [7, 11) is -3.68. The Kier molecular flexibility index (Phi) is 6.71. The quantitative estimate of drug-likeness (QED) is 0.535. The van der Waals surface area contributed by atoms with E-state index in [-0.39, 0.29) is 16.8 Å². The second-order valence-corrected chi connectivity index (χ2v) is 10.8. The molecule has 0 saturated carbocycles. The third-order valence-corrected chi connectivity index (χ3v) is 8.49. The van der Waals surface area contributed by atoms with Crippen LogP contribution in [0.3, 0.4) is 0 Å². The fourth-order valence-corrected chi connectivity index (χ4v) is 6.21. The van der Waals surface area contributed by atoms with Gasteiger partial charge in [0.05, 0.1) is 11.3 Å². The summed E-state index contributed by atoms with van der Waals surface area (Å²) >= 11 is 0. The van der Waals surface area contributed by atoms with E-state index in [1.165, 1.54) is 16.4 Å².